The van der Waals surface area contributed by atoms with E-state index < -0.39 is 0 Å². The van der Waals surface area contributed by atoms with Gasteiger partial charge in [-0.15, -0.1) is 0 Å². The molecule has 2 heterocycles. The number of para-hydroxylation sites is 1. The van der Waals surface area contributed by atoms with E-state index in [2.05, 4.69) is 30.2 Å². The fraction of sp³-hybridized carbons (Fsp3) is 0.438. The smallest absolute Gasteiger partial charge is 0.246 e. The predicted octanol–water partition coefficient (Wildman–Crippen LogP) is 1.41. The van der Waals surface area contributed by atoms with Crippen molar-refractivity contribution in [3.63, 3.8) is 0 Å². The van der Waals surface area contributed by atoms with Crippen LogP contribution in [0.3, 0.4) is 0 Å². The van der Waals surface area contributed by atoms with Gasteiger partial charge >= 0.3 is 0 Å². The Balaban J connectivity index is 1.55. The normalized spacial score (nSPS) is 15.7. The molecule has 24 heavy (non-hydrogen) atoms. The maximum Gasteiger partial charge on any atom is 0.246 e. The average molecular weight is 332 g/mol. The van der Waals surface area contributed by atoms with E-state index in [0.717, 1.165) is 32.1 Å². The number of aromatic nitrogens is 2. The van der Waals surface area contributed by atoms with Gasteiger partial charge in [0.2, 0.25) is 5.89 Å². The number of anilines is 1. The topological polar surface area (TPSA) is 69.8 Å². The molecule has 2 aromatic rings. The Hall–Kier alpha value is -2.64. The molecule has 1 aromatic carbocycles. The summed E-state index contributed by atoms with van der Waals surface area (Å²) in [6.45, 7) is 5.21. The molecular weight excluding hydrogens is 311 g/mol. The molecule has 0 saturated carbocycles. The Kier molecular flexibility index (Phi) is 4.93. The number of benzene rings is 1. The molecule has 0 radical (unpaired) electrons. The highest BCUT2D eigenvalue weighted by atomic mass is 19.1. The molecule has 1 saturated heterocycles. The third-order valence-electron chi connectivity index (χ3n) is 3.95. The highest BCUT2D eigenvalue weighted by molar-refractivity contribution is 5.80. The van der Waals surface area contributed by atoms with Gasteiger partial charge in [-0.3, -0.25) is 4.99 Å². The van der Waals surface area contributed by atoms with Crippen LogP contribution in [0.15, 0.2) is 33.8 Å². The molecule has 0 spiro atoms. The number of rotatable bonds is 3. The molecule has 1 aliphatic rings. The minimum absolute atomic E-state index is 0.180. The van der Waals surface area contributed by atoms with E-state index in [1.807, 2.05) is 12.1 Å². The van der Waals surface area contributed by atoms with Crippen LogP contribution in [-0.4, -0.2) is 54.2 Å². The van der Waals surface area contributed by atoms with Crippen molar-refractivity contribution in [2.45, 2.75) is 13.5 Å². The van der Waals surface area contributed by atoms with Crippen molar-refractivity contribution in [3.05, 3.63) is 41.8 Å². The van der Waals surface area contributed by atoms with Gasteiger partial charge in [-0.05, 0) is 19.1 Å². The van der Waals surface area contributed by atoms with Gasteiger partial charge in [-0.2, -0.15) is 4.98 Å². The molecule has 8 heteroatoms. The maximum absolute atomic E-state index is 13.9. The molecule has 0 aliphatic carbocycles. The molecule has 7 nitrogen and oxygen atoms in total. The standard InChI is InChI=1S/C16H21FN6O/c1-12-20-15(24-21-12)11-19-16(18-2)23-9-7-22(8-10-23)14-6-4-3-5-13(14)17/h3-6H,7-11H2,1-2H3,(H,18,19). The van der Waals surface area contributed by atoms with E-state index in [0.29, 0.717) is 23.9 Å². The van der Waals surface area contributed by atoms with Crippen LogP contribution in [0, 0.1) is 12.7 Å². The minimum Gasteiger partial charge on any atom is -0.366 e. The Morgan fingerprint density at radius 3 is 2.67 bits per heavy atom. The Morgan fingerprint density at radius 2 is 2.04 bits per heavy atom. The monoisotopic (exact) mass is 332 g/mol. The number of aryl methyl sites for hydroxylation is 1. The molecule has 0 bridgehead atoms. The zero-order valence-electron chi connectivity index (χ0n) is 13.9. The third-order valence-corrected chi connectivity index (χ3v) is 3.95. The van der Waals surface area contributed by atoms with E-state index in [1.165, 1.54) is 6.07 Å². The molecule has 0 atom stereocenters. The van der Waals surface area contributed by atoms with Gasteiger partial charge in [0.05, 0.1) is 12.2 Å². The summed E-state index contributed by atoms with van der Waals surface area (Å²) in [7, 11) is 1.74. The van der Waals surface area contributed by atoms with Crippen molar-refractivity contribution >= 4 is 11.6 Å². The second-order valence-corrected chi connectivity index (χ2v) is 5.56. The summed E-state index contributed by atoms with van der Waals surface area (Å²) in [6, 6.07) is 6.88. The first kappa shape index (κ1) is 16.2. The van der Waals surface area contributed by atoms with Gasteiger partial charge in [0.1, 0.15) is 5.82 Å². The molecule has 1 fully saturated rings. The first-order chi connectivity index (χ1) is 11.7. The molecule has 3 rings (SSSR count). The van der Waals surface area contributed by atoms with Crippen molar-refractivity contribution in [3.8, 4) is 0 Å². The summed E-state index contributed by atoms with van der Waals surface area (Å²) in [5, 5.41) is 6.98. The van der Waals surface area contributed by atoms with E-state index >= 15 is 0 Å². The molecule has 128 valence electrons. The van der Waals surface area contributed by atoms with Crippen LogP contribution >= 0.6 is 0 Å². The molecule has 1 N–H and O–H groups in total. The molecule has 1 aliphatic heterocycles. The van der Waals surface area contributed by atoms with Crippen molar-refractivity contribution in [1.29, 1.82) is 0 Å². The fourth-order valence-electron chi connectivity index (χ4n) is 2.77. The molecule has 0 amide bonds. The van der Waals surface area contributed by atoms with E-state index in [4.69, 9.17) is 4.52 Å². The quantitative estimate of drug-likeness (QED) is 0.677. The predicted molar refractivity (Wildman–Crippen MR) is 89.4 cm³/mol. The Labute approximate surface area is 140 Å². The summed E-state index contributed by atoms with van der Waals surface area (Å²) in [4.78, 5) is 12.7. The van der Waals surface area contributed by atoms with Gasteiger partial charge in [0.25, 0.3) is 0 Å². The highest BCUT2D eigenvalue weighted by Gasteiger charge is 2.21. The zero-order valence-corrected chi connectivity index (χ0v) is 13.9. The van der Waals surface area contributed by atoms with E-state index in [1.54, 1.807) is 20.0 Å². The van der Waals surface area contributed by atoms with Crippen molar-refractivity contribution in [2.75, 3.05) is 38.1 Å². The number of piperazine rings is 1. The van der Waals surface area contributed by atoms with Crippen molar-refractivity contribution in [2.24, 2.45) is 4.99 Å². The molecule has 0 unspecified atom stereocenters. The summed E-state index contributed by atoms with van der Waals surface area (Å²) >= 11 is 0. The molecular formula is C16H21FN6O. The van der Waals surface area contributed by atoms with Crippen LogP contribution in [0.4, 0.5) is 10.1 Å². The number of nitrogens with zero attached hydrogens (tertiary/aromatic N) is 5. The summed E-state index contributed by atoms with van der Waals surface area (Å²) in [5.41, 5.74) is 0.654. The van der Waals surface area contributed by atoms with Crippen LogP contribution in [-0.2, 0) is 6.54 Å². The number of aliphatic imine (C=N–C) groups is 1. The van der Waals surface area contributed by atoms with Gasteiger partial charge in [-0.1, -0.05) is 17.3 Å². The summed E-state index contributed by atoms with van der Waals surface area (Å²) in [6.07, 6.45) is 0. The van der Waals surface area contributed by atoms with Gasteiger partial charge in [-0.25, -0.2) is 4.39 Å². The highest BCUT2D eigenvalue weighted by Crippen LogP contribution is 2.20. The van der Waals surface area contributed by atoms with Gasteiger partial charge in [0.15, 0.2) is 11.8 Å². The summed E-state index contributed by atoms with van der Waals surface area (Å²) in [5.74, 6) is 1.73. The lowest BCUT2D eigenvalue weighted by molar-refractivity contribution is 0.353. The maximum atomic E-state index is 13.9. The number of nitrogens with one attached hydrogen (secondary N) is 1. The largest absolute Gasteiger partial charge is 0.366 e. The first-order valence-corrected chi connectivity index (χ1v) is 7.91. The number of hydrogen-bond donors (Lipinski definition) is 1. The number of guanidine groups is 1. The third kappa shape index (κ3) is 3.64. The Bertz CT molecular complexity index is 708. The first-order valence-electron chi connectivity index (χ1n) is 7.91. The SMILES string of the molecule is CN=C(NCc1nc(C)no1)N1CCN(c2ccccc2F)CC1. The van der Waals surface area contributed by atoms with Gasteiger partial charge < -0.3 is 19.6 Å². The minimum atomic E-state index is -0.180. The van der Waals surface area contributed by atoms with E-state index in [-0.39, 0.29) is 5.82 Å². The van der Waals surface area contributed by atoms with Gasteiger partial charge in [0, 0.05) is 33.2 Å². The number of hydrogen-bond acceptors (Lipinski definition) is 5. The lowest BCUT2D eigenvalue weighted by atomic mass is 10.2. The molecule has 1 aromatic heterocycles. The van der Waals surface area contributed by atoms with Crippen molar-refractivity contribution in [1.82, 2.24) is 20.4 Å². The van der Waals surface area contributed by atoms with Crippen LogP contribution in [0.2, 0.25) is 0 Å². The lowest BCUT2D eigenvalue weighted by Gasteiger charge is -2.37. The van der Waals surface area contributed by atoms with Crippen LogP contribution in [0.1, 0.15) is 11.7 Å². The fourth-order valence-corrected chi connectivity index (χ4v) is 2.77. The Morgan fingerprint density at radius 1 is 1.29 bits per heavy atom. The van der Waals surface area contributed by atoms with Crippen LogP contribution < -0.4 is 10.2 Å². The lowest BCUT2D eigenvalue weighted by Crippen LogP contribution is -2.52. The van der Waals surface area contributed by atoms with Crippen LogP contribution in [0.25, 0.3) is 0 Å². The summed E-state index contributed by atoms with van der Waals surface area (Å²) < 4.78 is 19.0. The van der Waals surface area contributed by atoms with E-state index in [9.17, 15) is 4.39 Å². The number of halogens is 1. The average Bonchev–Trinajstić information content (AvgIpc) is 3.02. The zero-order chi connectivity index (χ0) is 16.9. The second kappa shape index (κ2) is 7.29. The van der Waals surface area contributed by atoms with Crippen LogP contribution in [0.5, 0.6) is 0 Å². The van der Waals surface area contributed by atoms with Crippen molar-refractivity contribution < 1.29 is 8.91 Å². The second-order valence-electron chi connectivity index (χ2n) is 5.56.